The Morgan fingerprint density at radius 2 is 1.50 bits per heavy atom. The van der Waals surface area contributed by atoms with Gasteiger partial charge in [0.1, 0.15) is 5.82 Å². The molecule has 0 unspecified atom stereocenters. The van der Waals surface area contributed by atoms with Gasteiger partial charge in [0.15, 0.2) is 0 Å². The van der Waals surface area contributed by atoms with E-state index in [4.69, 9.17) is 0 Å². The van der Waals surface area contributed by atoms with E-state index in [0.29, 0.717) is 0 Å². The van der Waals surface area contributed by atoms with Gasteiger partial charge >= 0.3 is 11.9 Å². The number of carbonyl (C=O) groups excluding carboxylic acids is 3. The first-order valence-corrected chi connectivity index (χ1v) is 11.2. The normalized spacial score (nSPS) is 10.9. The van der Waals surface area contributed by atoms with E-state index in [1.807, 2.05) is 0 Å². The minimum absolute atomic E-state index is 0.00645. The molecule has 32 heavy (non-hydrogen) atoms. The summed E-state index contributed by atoms with van der Waals surface area (Å²) in [5, 5.41) is 2.57. The minimum Gasteiger partial charge on any atom is -0.465 e. The van der Waals surface area contributed by atoms with E-state index in [-0.39, 0.29) is 41.9 Å². The molecule has 0 saturated heterocycles. The molecule has 11 heteroatoms. The topological polar surface area (TPSA) is 119 Å². The van der Waals surface area contributed by atoms with Gasteiger partial charge in [-0.05, 0) is 48.9 Å². The summed E-state index contributed by atoms with van der Waals surface area (Å²) in [4.78, 5) is 36.0. The van der Waals surface area contributed by atoms with Gasteiger partial charge in [0, 0.05) is 18.7 Å². The highest BCUT2D eigenvalue weighted by Gasteiger charge is 2.18. The van der Waals surface area contributed by atoms with Crippen molar-refractivity contribution in [3.8, 4) is 0 Å². The molecule has 2 aromatic rings. The number of esters is 2. The third kappa shape index (κ3) is 6.77. The number of amides is 1. The molecule has 0 spiro atoms. The van der Waals surface area contributed by atoms with E-state index in [0.717, 1.165) is 22.7 Å². The third-order valence-corrected chi connectivity index (χ3v) is 5.53. The van der Waals surface area contributed by atoms with Gasteiger partial charge in [0.2, 0.25) is 15.9 Å². The molecule has 0 fully saturated rings. The average molecular weight is 466 g/mol. The van der Waals surface area contributed by atoms with Gasteiger partial charge in [-0.15, -0.1) is 0 Å². The number of hydrogen-bond donors (Lipinski definition) is 1. The van der Waals surface area contributed by atoms with Crippen LogP contribution in [0.2, 0.25) is 0 Å². The Bertz CT molecular complexity index is 1070. The van der Waals surface area contributed by atoms with Gasteiger partial charge in [-0.3, -0.25) is 9.10 Å². The predicted octanol–water partition coefficient (Wildman–Crippen LogP) is 2.58. The van der Waals surface area contributed by atoms with Crippen LogP contribution in [0, 0.1) is 5.82 Å². The smallest absolute Gasteiger partial charge is 0.337 e. The Hall–Kier alpha value is -3.47. The van der Waals surface area contributed by atoms with Crippen molar-refractivity contribution in [3.05, 3.63) is 59.4 Å². The number of sulfonamides is 1. The van der Waals surface area contributed by atoms with Crippen LogP contribution in [0.4, 0.5) is 15.8 Å². The molecule has 0 heterocycles. The number of carbonyl (C=O) groups is 3. The molecule has 2 rings (SSSR count). The van der Waals surface area contributed by atoms with E-state index in [1.165, 1.54) is 44.6 Å². The lowest BCUT2D eigenvalue weighted by Gasteiger charge is -2.22. The number of ether oxygens (including phenoxy) is 2. The van der Waals surface area contributed by atoms with Crippen LogP contribution in [0.3, 0.4) is 0 Å². The summed E-state index contributed by atoms with van der Waals surface area (Å²) in [6.07, 6.45) is 1.13. The van der Waals surface area contributed by atoms with Crippen molar-refractivity contribution in [2.24, 2.45) is 0 Å². The SMILES string of the molecule is COC(=O)c1cc(NC(=O)CCCN(c2ccc(F)cc2)S(C)(=O)=O)cc(C(=O)OC)c1. The van der Waals surface area contributed by atoms with Crippen LogP contribution in [0.5, 0.6) is 0 Å². The Labute approximate surface area is 185 Å². The van der Waals surface area contributed by atoms with Gasteiger partial charge in [-0.2, -0.15) is 0 Å². The van der Waals surface area contributed by atoms with Gasteiger partial charge in [0.05, 0.1) is 37.3 Å². The quantitative estimate of drug-likeness (QED) is 0.564. The fourth-order valence-corrected chi connectivity index (χ4v) is 3.84. The molecule has 1 amide bonds. The largest absolute Gasteiger partial charge is 0.465 e. The van der Waals surface area contributed by atoms with E-state index in [1.54, 1.807) is 0 Å². The highest BCUT2D eigenvalue weighted by Crippen LogP contribution is 2.20. The summed E-state index contributed by atoms with van der Waals surface area (Å²) >= 11 is 0. The van der Waals surface area contributed by atoms with Crippen LogP contribution in [0.15, 0.2) is 42.5 Å². The Morgan fingerprint density at radius 1 is 0.969 bits per heavy atom. The van der Waals surface area contributed by atoms with Crippen LogP contribution in [0.25, 0.3) is 0 Å². The predicted molar refractivity (Wildman–Crippen MR) is 116 cm³/mol. The summed E-state index contributed by atoms with van der Waals surface area (Å²) in [6, 6.07) is 8.93. The van der Waals surface area contributed by atoms with Gasteiger partial charge in [-0.25, -0.2) is 22.4 Å². The first kappa shape index (κ1) is 24.8. The Balaban J connectivity index is 2.09. The van der Waals surface area contributed by atoms with Crippen molar-refractivity contribution in [2.75, 3.05) is 36.6 Å². The zero-order valence-electron chi connectivity index (χ0n) is 17.8. The molecular weight excluding hydrogens is 443 g/mol. The average Bonchev–Trinajstić information content (AvgIpc) is 2.75. The number of hydrogen-bond acceptors (Lipinski definition) is 7. The van der Waals surface area contributed by atoms with Crippen LogP contribution in [-0.4, -0.2) is 53.3 Å². The molecule has 0 atom stereocenters. The summed E-state index contributed by atoms with van der Waals surface area (Å²) in [5.41, 5.74) is 0.551. The second kappa shape index (κ2) is 10.7. The second-order valence-electron chi connectivity index (χ2n) is 6.75. The summed E-state index contributed by atoms with van der Waals surface area (Å²) in [5.74, 6) is -2.36. The fraction of sp³-hybridized carbons (Fsp3) is 0.286. The van der Waals surface area contributed by atoms with Crippen molar-refractivity contribution in [1.82, 2.24) is 0 Å². The van der Waals surface area contributed by atoms with E-state index in [9.17, 15) is 27.2 Å². The molecular formula is C21H23FN2O7S. The van der Waals surface area contributed by atoms with Crippen molar-refractivity contribution >= 4 is 39.2 Å². The number of anilines is 2. The van der Waals surface area contributed by atoms with Gasteiger partial charge in [-0.1, -0.05) is 0 Å². The minimum atomic E-state index is -3.65. The summed E-state index contributed by atoms with van der Waals surface area (Å²) < 4.78 is 47.7. The standard InChI is InChI=1S/C21H23FN2O7S/c1-30-20(26)14-11-15(21(27)31-2)13-17(12-14)23-19(25)5-4-10-24(32(3,28)29)18-8-6-16(22)7-9-18/h6-9,11-13H,4-5,10H2,1-3H3,(H,23,25). The van der Waals surface area contributed by atoms with Crippen molar-refractivity contribution in [2.45, 2.75) is 12.8 Å². The molecule has 1 N–H and O–H groups in total. The maximum Gasteiger partial charge on any atom is 0.337 e. The van der Waals surface area contributed by atoms with Crippen LogP contribution in [-0.2, 0) is 24.3 Å². The van der Waals surface area contributed by atoms with E-state index in [2.05, 4.69) is 14.8 Å². The molecule has 0 aliphatic rings. The zero-order valence-corrected chi connectivity index (χ0v) is 18.6. The lowest BCUT2D eigenvalue weighted by molar-refractivity contribution is -0.116. The van der Waals surface area contributed by atoms with Crippen LogP contribution >= 0.6 is 0 Å². The van der Waals surface area contributed by atoms with Crippen LogP contribution < -0.4 is 9.62 Å². The number of methoxy groups -OCH3 is 2. The van der Waals surface area contributed by atoms with Crippen molar-refractivity contribution < 1.29 is 36.7 Å². The van der Waals surface area contributed by atoms with Crippen molar-refractivity contribution in [1.29, 1.82) is 0 Å². The monoisotopic (exact) mass is 466 g/mol. The molecule has 0 radical (unpaired) electrons. The van der Waals surface area contributed by atoms with Crippen molar-refractivity contribution in [3.63, 3.8) is 0 Å². The number of nitrogens with one attached hydrogen (secondary N) is 1. The molecule has 2 aromatic carbocycles. The molecule has 172 valence electrons. The Kier molecular flexibility index (Phi) is 8.30. The lowest BCUT2D eigenvalue weighted by atomic mass is 10.1. The van der Waals surface area contributed by atoms with E-state index < -0.39 is 33.7 Å². The van der Waals surface area contributed by atoms with E-state index >= 15 is 0 Å². The number of benzene rings is 2. The maximum absolute atomic E-state index is 13.1. The Morgan fingerprint density at radius 3 is 1.97 bits per heavy atom. The highest BCUT2D eigenvalue weighted by molar-refractivity contribution is 7.92. The number of nitrogens with zero attached hydrogens (tertiary/aromatic N) is 1. The lowest BCUT2D eigenvalue weighted by Crippen LogP contribution is -2.31. The summed E-state index contributed by atoms with van der Waals surface area (Å²) in [6.45, 7) is -0.00645. The van der Waals surface area contributed by atoms with Crippen LogP contribution in [0.1, 0.15) is 33.6 Å². The maximum atomic E-state index is 13.1. The third-order valence-electron chi connectivity index (χ3n) is 4.34. The first-order valence-electron chi connectivity index (χ1n) is 9.40. The zero-order chi connectivity index (χ0) is 23.9. The second-order valence-corrected chi connectivity index (χ2v) is 8.65. The molecule has 0 aliphatic heterocycles. The fourth-order valence-electron chi connectivity index (χ4n) is 2.87. The molecule has 0 aromatic heterocycles. The number of rotatable bonds is 9. The summed E-state index contributed by atoms with van der Waals surface area (Å²) in [7, 11) is -1.29. The first-order chi connectivity index (χ1) is 15.0. The highest BCUT2D eigenvalue weighted by atomic mass is 32.2. The van der Waals surface area contributed by atoms with Gasteiger partial charge in [0.25, 0.3) is 0 Å². The molecule has 9 nitrogen and oxygen atoms in total. The number of halogens is 1. The molecule has 0 saturated carbocycles. The molecule has 0 aliphatic carbocycles. The van der Waals surface area contributed by atoms with Gasteiger partial charge < -0.3 is 14.8 Å². The molecule has 0 bridgehead atoms.